The summed E-state index contributed by atoms with van der Waals surface area (Å²) >= 11 is 0. The molecule has 0 spiro atoms. The van der Waals surface area contributed by atoms with Crippen LogP contribution in [0.3, 0.4) is 0 Å². The fourth-order valence-corrected chi connectivity index (χ4v) is 2.86. The zero-order valence-corrected chi connectivity index (χ0v) is 17.6. The van der Waals surface area contributed by atoms with Gasteiger partial charge in [-0.1, -0.05) is 23.4 Å². The maximum atomic E-state index is 12.7. The number of amides is 1. The first-order valence-electron chi connectivity index (χ1n) is 9.67. The van der Waals surface area contributed by atoms with Gasteiger partial charge in [-0.15, -0.1) is 5.10 Å². The highest BCUT2D eigenvalue weighted by Crippen LogP contribution is 2.16. The molecule has 3 N–H and O–H groups in total. The van der Waals surface area contributed by atoms with Crippen molar-refractivity contribution in [2.24, 2.45) is 5.10 Å². The van der Waals surface area contributed by atoms with E-state index in [2.05, 4.69) is 35.8 Å². The average Bonchev–Trinajstić information content (AvgIpc) is 3.43. The van der Waals surface area contributed by atoms with Crippen LogP contribution in [-0.2, 0) is 0 Å². The normalized spacial score (nSPS) is 11.3. The molecule has 0 atom stereocenters. The van der Waals surface area contributed by atoms with E-state index in [1.165, 1.54) is 0 Å². The SMILES string of the molecule is C/C(=N/NC(=O)c1c(C)nnn1-c1nonc1N)c1ccc(OC(=O)c2ccccc2)cc1. The summed E-state index contributed by atoms with van der Waals surface area (Å²) in [6, 6.07) is 15.4. The van der Waals surface area contributed by atoms with Crippen LogP contribution in [0.15, 0.2) is 64.3 Å². The molecule has 2 heterocycles. The number of ether oxygens (including phenoxy) is 1. The first kappa shape index (κ1) is 21.4. The van der Waals surface area contributed by atoms with Crippen LogP contribution in [0, 0.1) is 6.92 Å². The van der Waals surface area contributed by atoms with E-state index in [0.29, 0.717) is 28.3 Å². The van der Waals surface area contributed by atoms with E-state index in [1.807, 2.05) is 6.07 Å². The number of carbonyl (C=O) groups is 2. The maximum Gasteiger partial charge on any atom is 0.343 e. The van der Waals surface area contributed by atoms with Crippen LogP contribution in [0.25, 0.3) is 5.82 Å². The minimum atomic E-state index is -0.576. The van der Waals surface area contributed by atoms with Gasteiger partial charge in [0.1, 0.15) is 5.75 Å². The van der Waals surface area contributed by atoms with Crippen LogP contribution in [0.4, 0.5) is 5.82 Å². The number of esters is 1. The van der Waals surface area contributed by atoms with Gasteiger partial charge in [-0.25, -0.2) is 14.8 Å². The van der Waals surface area contributed by atoms with Crippen LogP contribution < -0.4 is 15.9 Å². The molecule has 1 amide bonds. The smallest absolute Gasteiger partial charge is 0.343 e. The number of hydrazone groups is 1. The highest BCUT2D eigenvalue weighted by atomic mass is 16.6. The van der Waals surface area contributed by atoms with Crippen LogP contribution in [0.2, 0.25) is 0 Å². The highest BCUT2D eigenvalue weighted by molar-refractivity contribution is 6.01. The van der Waals surface area contributed by atoms with Gasteiger partial charge in [-0.05, 0) is 66.1 Å². The van der Waals surface area contributed by atoms with Crippen molar-refractivity contribution < 1.29 is 19.0 Å². The lowest BCUT2D eigenvalue weighted by Gasteiger charge is -2.07. The Morgan fingerprint density at radius 2 is 1.79 bits per heavy atom. The number of hydrogen-bond acceptors (Lipinski definition) is 10. The quantitative estimate of drug-likeness (QED) is 0.195. The van der Waals surface area contributed by atoms with Gasteiger partial charge in [-0.3, -0.25) is 4.79 Å². The molecule has 0 aliphatic carbocycles. The summed E-state index contributed by atoms with van der Waals surface area (Å²) in [7, 11) is 0. The number of nitrogen functional groups attached to an aromatic ring is 1. The number of rotatable bonds is 6. The number of carbonyl (C=O) groups excluding carboxylic acids is 2. The van der Waals surface area contributed by atoms with Crippen molar-refractivity contribution in [1.82, 2.24) is 30.7 Å². The summed E-state index contributed by atoms with van der Waals surface area (Å²) in [5.41, 5.74) is 10.2. The molecule has 0 fully saturated rings. The lowest BCUT2D eigenvalue weighted by Crippen LogP contribution is -2.24. The van der Waals surface area contributed by atoms with Gasteiger partial charge in [0.25, 0.3) is 5.91 Å². The van der Waals surface area contributed by atoms with Gasteiger partial charge in [0.2, 0.25) is 11.6 Å². The molecule has 12 nitrogen and oxygen atoms in total. The molecule has 12 heteroatoms. The molecule has 4 aromatic rings. The number of anilines is 1. The Kier molecular flexibility index (Phi) is 5.89. The largest absolute Gasteiger partial charge is 0.423 e. The fraction of sp³-hybridized carbons (Fsp3) is 0.0952. The Morgan fingerprint density at radius 3 is 2.45 bits per heavy atom. The molecule has 0 aliphatic rings. The van der Waals surface area contributed by atoms with E-state index in [0.717, 1.165) is 4.68 Å². The Morgan fingerprint density at radius 1 is 1.06 bits per heavy atom. The lowest BCUT2D eigenvalue weighted by molar-refractivity contribution is 0.0734. The van der Waals surface area contributed by atoms with Crippen molar-refractivity contribution in [3.8, 4) is 11.6 Å². The Labute approximate surface area is 187 Å². The van der Waals surface area contributed by atoms with E-state index in [9.17, 15) is 9.59 Å². The first-order valence-corrected chi connectivity index (χ1v) is 9.67. The Balaban J connectivity index is 1.45. The monoisotopic (exact) mass is 446 g/mol. The highest BCUT2D eigenvalue weighted by Gasteiger charge is 2.23. The molecule has 0 bridgehead atoms. The van der Waals surface area contributed by atoms with Crippen molar-refractivity contribution in [1.29, 1.82) is 0 Å². The molecule has 2 aromatic heterocycles. The van der Waals surface area contributed by atoms with Crippen molar-refractivity contribution in [3.05, 3.63) is 77.1 Å². The van der Waals surface area contributed by atoms with Gasteiger partial charge in [-0.2, -0.15) is 9.78 Å². The van der Waals surface area contributed by atoms with E-state index in [4.69, 9.17) is 10.5 Å². The second-order valence-corrected chi connectivity index (χ2v) is 6.83. The van der Waals surface area contributed by atoms with Crippen LogP contribution in [0.1, 0.15) is 39.0 Å². The van der Waals surface area contributed by atoms with Crippen LogP contribution in [0.5, 0.6) is 5.75 Å². The summed E-state index contributed by atoms with van der Waals surface area (Å²) in [6.07, 6.45) is 0. The third kappa shape index (κ3) is 4.58. The van der Waals surface area contributed by atoms with Gasteiger partial charge in [0.05, 0.1) is 17.0 Å². The van der Waals surface area contributed by atoms with Crippen molar-refractivity contribution in [3.63, 3.8) is 0 Å². The average molecular weight is 446 g/mol. The summed E-state index contributed by atoms with van der Waals surface area (Å²) in [4.78, 5) is 24.9. The molecule has 2 aromatic carbocycles. The molecule has 166 valence electrons. The first-order chi connectivity index (χ1) is 15.9. The molecule has 0 saturated carbocycles. The standard InChI is InChI=1S/C21H18N8O4/c1-12(14-8-10-16(11-9-14)32-21(31)15-6-4-3-5-7-15)23-25-20(30)17-13(2)24-28-29(17)19-18(22)26-33-27-19/h3-11H,1-2H3,(H2,22,26)(H,25,30)/b23-12-. The predicted molar refractivity (Wildman–Crippen MR) is 116 cm³/mol. The Bertz CT molecular complexity index is 1330. The molecule has 4 rings (SSSR count). The maximum absolute atomic E-state index is 12.7. The number of benzene rings is 2. The molecule has 33 heavy (non-hydrogen) atoms. The van der Waals surface area contributed by atoms with E-state index < -0.39 is 11.9 Å². The van der Waals surface area contributed by atoms with Crippen molar-refractivity contribution in [2.75, 3.05) is 5.73 Å². The van der Waals surface area contributed by atoms with Gasteiger partial charge in [0, 0.05) is 0 Å². The molecule has 0 unspecified atom stereocenters. The molecule has 0 saturated heterocycles. The fourth-order valence-electron chi connectivity index (χ4n) is 2.86. The number of hydrogen-bond donors (Lipinski definition) is 2. The predicted octanol–water partition coefficient (Wildman–Crippen LogP) is 1.91. The topological polar surface area (TPSA) is 163 Å². The second-order valence-electron chi connectivity index (χ2n) is 6.83. The molecular formula is C21H18N8O4. The summed E-state index contributed by atoms with van der Waals surface area (Å²) in [6.45, 7) is 3.32. The number of aryl methyl sites for hydroxylation is 1. The Hall–Kier alpha value is -4.87. The number of nitrogens with two attached hydrogens (primary N) is 1. The summed E-state index contributed by atoms with van der Waals surface area (Å²) in [5.74, 6) is -0.644. The zero-order chi connectivity index (χ0) is 23.4. The van der Waals surface area contributed by atoms with Gasteiger partial charge in [0.15, 0.2) is 5.69 Å². The van der Waals surface area contributed by atoms with Gasteiger partial charge < -0.3 is 10.5 Å². The number of nitrogens with one attached hydrogen (secondary N) is 1. The van der Waals surface area contributed by atoms with Crippen molar-refractivity contribution >= 4 is 23.4 Å². The summed E-state index contributed by atoms with van der Waals surface area (Å²) < 4.78 is 11.0. The van der Waals surface area contributed by atoms with Crippen molar-refractivity contribution in [2.45, 2.75) is 13.8 Å². The minimum absolute atomic E-state index is 0.0401. The number of nitrogens with zero attached hydrogens (tertiary/aromatic N) is 6. The molecular weight excluding hydrogens is 428 g/mol. The third-order valence-electron chi connectivity index (χ3n) is 4.57. The van der Waals surface area contributed by atoms with E-state index in [1.54, 1.807) is 62.4 Å². The number of aromatic nitrogens is 5. The third-order valence-corrected chi connectivity index (χ3v) is 4.57. The van der Waals surface area contributed by atoms with E-state index >= 15 is 0 Å². The lowest BCUT2D eigenvalue weighted by atomic mass is 10.1. The summed E-state index contributed by atoms with van der Waals surface area (Å²) in [5, 5.41) is 19.0. The van der Waals surface area contributed by atoms with Gasteiger partial charge >= 0.3 is 5.97 Å². The zero-order valence-electron chi connectivity index (χ0n) is 17.6. The molecule has 0 radical (unpaired) electrons. The molecule has 0 aliphatic heterocycles. The minimum Gasteiger partial charge on any atom is -0.423 e. The second kappa shape index (κ2) is 9.09. The van der Waals surface area contributed by atoms with Crippen LogP contribution >= 0.6 is 0 Å². The van der Waals surface area contributed by atoms with Crippen LogP contribution in [-0.4, -0.2) is 42.9 Å². The van der Waals surface area contributed by atoms with E-state index in [-0.39, 0.29) is 17.3 Å².